The van der Waals surface area contributed by atoms with Crippen LogP contribution in [0.25, 0.3) is 0 Å². The van der Waals surface area contributed by atoms with Gasteiger partial charge in [-0.3, -0.25) is 9.52 Å². The van der Waals surface area contributed by atoms with Gasteiger partial charge in [-0.05, 0) is 43.2 Å². The van der Waals surface area contributed by atoms with Gasteiger partial charge >= 0.3 is 6.18 Å². The molecule has 3 rings (SSSR count). The summed E-state index contributed by atoms with van der Waals surface area (Å²) in [5, 5.41) is 8.62. The molecule has 1 amide bonds. The number of primary amides is 1. The van der Waals surface area contributed by atoms with Crippen molar-refractivity contribution in [3.05, 3.63) is 58.8 Å². The predicted octanol–water partition coefficient (Wildman–Crippen LogP) is 3.57. The minimum absolute atomic E-state index is 0.0190. The Balaban J connectivity index is 1.72. The van der Waals surface area contributed by atoms with E-state index in [1.165, 1.54) is 36.5 Å². The van der Waals surface area contributed by atoms with Crippen molar-refractivity contribution in [3.8, 4) is 0 Å². The number of carbonyl (C=O) groups is 1. The highest BCUT2D eigenvalue weighted by molar-refractivity contribution is 7.93. The molecule has 13 heteroatoms. The minimum Gasteiger partial charge on any atom is -0.366 e. The van der Waals surface area contributed by atoms with Gasteiger partial charge in [-0.1, -0.05) is 37.3 Å². The fourth-order valence-electron chi connectivity index (χ4n) is 3.41. The first-order valence-electron chi connectivity index (χ1n) is 10.2. The van der Waals surface area contributed by atoms with E-state index in [0.29, 0.717) is 10.6 Å². The Morgan fingerprint density at radius 3 is 2.41 bits per heavy atom. The zero-order chi connectivity index (χ0) is 25.3. The average Bonchev–Trinajstić information content (AvgIpc) is 3.20. The van der Waals surface area contributed by atoms with Crippen LogP contribution in [0.15, 0.2) is 53.1 Å². The van der Waals surface area contributed by atoms with Crippen LogP contribution in [-0.4, -0.2) is 47.7 Å². The lowest BCUT2D eigenvalue weighted by Crippen LogP contribution is -2.59. The molecule has 0 spiro atoms. The molecule has 184 valence electrons. The summed E-state index contributed by atoms with van der Waals surface area (Å²) in [6.07, 6.45) is -0.906. The van der Waals surface area contributed by atoms with Crippen LogP contribution in [-0.2, 0) is 21.2 Å². The summed E-state index contributed by atoms with van der Waals surface area (Å²) in [4.78, 5) is 12.7. The number of carbonyl (C=O) groups excluding carboxylic acids is 1. The number of hydrogen-bond acceptors (Lipinski definition) is 7. The Morgan fingerprint density at radius 1 is 1.24 bits per heavy atom. The predicted molar refractivity (Wildman–Crippen MR) is 123 cm³/mol. The van der Waals surface area contributed by atoms with E-state index in [1.54, 1.807) is 0 Å². The highest BCUT2D eigenvalue weighted by Crippen LogP contribution is 2.42. The Morgan fingerprint density at radius 2 is 1.88 bits per heavy atom. The third-order valence-electron chi connectivity index (χ3n) is 5.48. The SMILES string of the molecule is CC(C)c1nnc(NS(=O)(=O)c2ccc(CCN3C=CC=C(C(N)=O)C3(C)C(F)(F)F)cc2)s1. The topological polar surface area (TPSA) is 118 Å². The Kier molecular flexibility index (Phi) is 7.08. The van der Waals surface area contributed by atoms with E-state index in [9.17, 15) is 26.4 Å². The Labute approximate surface area is 199 Å². The van der Waals surface area contributed by atoms with Gasteiger partial charge in [0.15, 0.2) is 5.54 Å². The van der Waals surface area contributed by atoms with Crippen LogP contribution in [0, 0.1) is 0 Å². The second-order valence-corrected chi connectivity index (χ2v) is 10.8. The maximum atomic E-state index is 13.9. The van der Waals surface area contributed by atoms with Gasteiger partial charge < -0.3 is 10.6 Å². The van der Waals surface area contributed by atoms with Crippen LogP contribution in [0.1, 0.15) is 37.3 Å². The fraction of sp³-hybridized carbons (Fsp3) is 0.381. The zero-order valence-electron chi connectivity index (χ0n) is 18.6. The van der Waals surface area contributed by atoms with Gasteiger partial charge in [0.05, 0.1) is 10.5 Å². The number of benzene rings is 1. The number of sulfonamides is 1. The number of halogens is 3. The van der Waals surface area contributed by atoms with Crippen LogP contribution in [0.4, 0.5) is 18.3 Å². The highest BCUT2D eigenvalue weighted by atomic mass is 32.2. The maximum Gasteiger partial charge on any atom is 0.415 e. The quantitative estimate of drug-likeness (QED) is 0.555. The molecule has 0 aliphatic carbocycles. The van der Waals surface area contributed by atoms with E-state index in [0.717, 1.165) is 29.2 Å². The van der Waals surface area contributed by atoms with Gasteiger partial charge in [0.2, 0.25) is 11.0 Å². The van der Waals surface area contributed by atoms with Gasteiger partial charge in [0, 0.05) is 18.7 Å². The summed E-state index contributed by atoms with van der Waals surface area (Å²) < 4.78 is 69.4. The van der Waals surface area contributed by atoms with Gasteiger partial charge in [0.1, 0.15) is 5.01 Å². The monoisotopic (exact) mass is 515 g/mol. The van der Waals surface area contributed by atoms with E-state index in [1.807, 2.05) is 13.8 Å². The summed E-state index contributed by atoms with van der Waals surface area (Å²) in [5.41, 5.74) is 2.69. The molecule has 0 saturated carbocycles. The van der Waals surface area contributed by atoms with E-state index in [2.05, 4.69) is 14.9 Å². The fourth-order valence-corrected chi connectivity index (χ4v) is 5.39. The Hall–Kier alpha value is -2.93. The molecule has 0 fully saturated rings. The molecular formula is C21H24F3N5O3S2. The van der Waals surface area contributed by atoms with E-state index in [4.69, 9.17) is 5.73 Å². The summed E-state index contributed by atoms with van der Waals surface area (Å²) in [6.45, 7) is 4.66. The molecule has 0 radical (unpaired) electrons. The zero-order valence-corrected chi connectivity index (χ0v) is 20.3. The number of aromatic nitrogens is 2. The second-order valence-electron chi connectivity index (χ2n) is 8.15. The summed E-state index contributed by atoms with van der Waals surface area (Å²) in [7, 11) is -3.90. The number of hydrogen-bond donors (Lipinski definition) is 2. The number of alkyl halides is 3. The van der Waals surface area contributed by atoms with Gasteiger partial charge in [-0.2, -0.15) is 13.2 Å². The normalized spacial score (nSPS) is 18.8. The number of nitrogens with zero attached hydrogens (tertiary/aromatic N) is 3. The molecule has 1 aliphatic rings. The molecule has 1 aromatic heterocycles. The summed E-state index contributed by atoms with van der Waals surface area (Å²) >= 11 is 1.14. The van der Waals surface area contributed by atoms with Crippen LogP contribution in [0.3, 0.4) is 0 Å². The number of nitrogens with one attached hydrogen (secondary N) is 1. The second kappa shape index (κ2) is 9.37. The first-order valence-corrected chi connectivity index (χ1v) is 12.5. The molecule has 34 heavy (non-hydrogen) atoms. The summed E-state index contributed by atoms with van der Waals surface area (Å²) in [6, 6.07) is 5.78. The molecule has 1 aromatic carbocycles. The largest absolute Gasteiger partial charge is 0.415 e. The van der Waals surface area contributed by atoms with Crippen molar-refractivity contribution in [1.82, 2.24) is 15.1 Å². The van der Waals surface area contributed by atoms with Crippen molar-refractivity contribution in [1.29, 1.82) is 0 Å². The van der Waals surface area contributed by atoms with Gasteiger partial charge in [-0.15, -0.1) is 10.2 Å². The standard InChI is InChI=1S/C21H24F3N5O3S2/c1-13(2)18-26-27-19(33-18)28-34(31,32)15-8-6-14(7-9-15)10-12-29-11-4-5-16(17(25)30)20(29,3)21(22,23)24/h4-9,11,13H,10,12H2,1-3H3,(H2,25,30)(H,27,28). The minimum atomic E-state index is -4.75. The third kappa shape index (κ3) is 5.09. The lowest BCUT2D eigenvalue weighted by atomic mass is 9.86. The molecule has 3 N–H and O–H groups in total. The number of anilines is 1. The Bertz CT molecular complexity index is 1220. The molecule has 1 aliphatic heterocycles. The highest BCUT2D eigenvalue weighted by Gasteiger charge is 2.58. The molecule has 2 heterocycles. The molecule has 1 unspecified atom stereocenters. The number of rotatable bonds is 8. The van der Waals surface area contributed by atoms with Crippen molar-refractivity contribution in [2.75, 3.05) is 11.3 Å². The van der Waals surface area contributed by atoms with E-state index in [-0.39, 0.29) is 28.9 Å². The van der Waals surface area contributed by atoms with Crippen molar-refractivity contribution >= 4 is 32.4 Å². The van der Waals surface area contributed by atoms with Crippen LogP contribution in [0.2, 0.25) is 0 Å². The van der Waals surface area contributed by atoms with Crippen LogP contribution < -0.4 is 10.5 Å². The number of amides is 1. The molecular weight excluding hydrogens is 491 g/mol. The molecule has 2 aromatic rings. The third-order valence-corrected chi connectivity index (χ3v) is 8.10. The lowest BCUT2D eigenvalue weighted by molar-refractivity contribution is -0.206. The molecule has 1 atom stereocenters. The molecule has 0 saturated heterocycles. The van der Waals surface area contributed by atoms with Crippen molar-refractivity contribution in [2.24, 2.45) is 5.73 Å². The van der Waals surface area contributed by atoms with Crippen molar-refractivity contribution in [2.45, 2.75) is 49.7 Å². The van der Waals surface area contributed by atoms with Crippen LogP contribution in [0.5, 0.6) is 0 Å². The van der Waals surface area contributed by atoms with Crippen molar-refractivity contribution in [3.63, 3.8) is 0 Å². The maximum absolute atomic E-state index is 13.9. The van der Waals surface area contributed by atoms with E-state index < -0.39 is 33.2 Å². The number of nitrogens with two attached hydrogens (primary N) is 1. The lowest BCUT2D eigenvalue weighted by Gasteiger charge is -2.44. The van der Waals surface area contributed by atoms with Crippen molar-refractivity contribution < 1.29 is 26.4 Å². The number of allylic oxidation sites excluding steroid dienone is 2. The van der Waals surface area contributed by atoms with Crippen LogP contribution >= 0.6 is 11.3 Å². The first kappa shape index (κ1) is 25.7. The average molecular weight is 516 g/mol. The smallest absolute Gasteiger partial charge is 0.366 e. The first-order chi connectivity index (χ1) is 15.8. The molecule has 8 nitrogen and oxygen atoms in total. The van der Waals surface area contributed by atoms with E-state index >= 15 is 0 Å². The summed E-state index contributed by atoms with van der Waals surface area (Å²) in [5.74, 6) is -1.04. The molecule has 0 bridgehead atoms. The van der Waals surface area contributed by atoms with Gasteiger partial charge in [-0.25, -0.2) is 8.42 Å². The van der Waals surface area contributed by atoms with Gasteiger partial charge in [0.25, 0.3) is 10.0 Å².